The lowest BCUT2D eigenvalue weighted by Crippen LogP contribution is -2.35. The molecule has 2 amide bonds. The molecule has 0 saturated carbocycles. The number of nitrogens with one attached hydrogen (secondary N) is 1. The maximum Gasteiger partial charge on any atom is 0.262 e. The molecule has 5 nitrogen and oxygen atoms in total. The summed E-state index contributed by atoms with van der Waals surface area (Å²) in [6.07, 6.45) is 2.94. The Labute approximate surface area is 81.5 Å². The van der Waals surface area contributed by atoms with Gasteiger partial charge in [0.05, 0.1) is 12.3 Å². The fraction of sp³-hybridized carbons (Fsp3) is 0.444. The first-order valence-corrected chi connectivity index (χ1v) is 4.37. The van der Waals surface area contributed by atoms with Crippen molar-refractivity contribution >= 4 is 17.5 Å². The molecule has 1 heterocycles. The quantitative estimate of drug-likeness (QED) is 0.584. The molecule has 0 aromatic carbocycles. The Balaban J connectivity index is 2.69. The zero-order valence-corrected chi connectivity index (χ0v) is 7.86. The first-order chi connectivity index (χ1) is 6.69. The molecule has 0 radical (unpaired) electrons. The highest BCUT2D eigenvalue weighted by atomic mass is 16.3. The predicted octanol–water partition coefficient (Wildman–Crippen LogP) is -0.732. The van der Waals surface area contributed by atoms with E-state index in [1.807, 2.05) is 0 Å². The monoisotopic (exact) mass is 196 g/mol. The fourth-order valence-electron chi connectivity index (χ4n) is 1.11. The van der Waals surface area contributed by atoms with Crippen LogP contribution in [0.1, 0.15) is 6.92 Å². The number of carbonyl (C=O) groups is 2. The van der Waals surface area contributed by atoms with E-state index in [-0.39, 0.29) is 18.2 Å². The van der Waals surface area contributed by atoms with Crippen LogP contribution >= 0.6 is 0 Å². The molecule has 1 rings (SSSR count). The average Bonchev–Trinajstić information content (AvgIpc) is 2.17. The van der Waals surface area contributed by atoms with Gasteiger partial charge in [0.15, 0.2) is 0 Å². The Morgan fingerprint density at radius 2 is 2.43 bits per heavy atom. The molecular formula is C9H12N2O3. The molecule has 0 aliphatic carbocycles. The maximum absolute atomic E-state index is 11.3. The molecule has 1 aliphatic rings. The van der Waals surface area contributed by atoms with E-state index in [1.165, 1.54) is 12.2 Å². The molecule has 1 atom stereocenters. The number of aliphatic hydroxyl groups excluding tert-OH is 1. The second kappa shape index (κ2) is 4.66. The predicted molar refractivity (Wildman–Crippen MR) is 50.8 cm³/mol. The lowest BCUT2D eigenvalue weighted by molar-refractivity contribution is -0.131. The SMILES string of the molecule is CCNC(=O)C1C=CC(CO)=NC1=O. The fourth-order valence-corrected chi connectivity index (χ4v) is 1.11. The number of aliphatic hydroxyl groups is 1. The molecule has 1 unspecified atom stereocenters. The second-order valence-electron chi connectivity index (χ2n) is 2.83. The molecule has 5 heteroatoms. The minimum atomic E-state index is -0.842. The minimum Gasteiger partial charge on any atom is -0.390 e. The summed E-state index contributed by atoms with van der Waals surface area (Å²) in [5.74, 6) is -1.72. The summed E-state index contributed by atoms with van der Waals surface area (Å²) in [4.78, 5) is 26.1. The molecular weight excluding hydrogens is 184 g/mol. The molecule has 0 saturated heterocycles. The van der Waals surface area contributed by atoms with Crippen LogP contribution in [-0.4, -0.2) is 35.8 Å². The third-order valence-electron chi connectivity index (χ3n) is 1.80. The van der Waals surface area contributed by atoms with Gasteiger partial charge in [0, 0.05) is 6.54 Å². The first-order valence-electron chi connectivity index (χ1n) is 4.37. The van der Waals surface area contributed by atoms with Crippen LogP contribution in [-0.2, 0) is 9.59 Å². The van der Waals surface area contributed by atoms with Crippen LogP contribution in [0.3, 0.4) is 0 Å². The Hall–Kier alpha value is -1.49. The zero-order chi connectivity index (χ0) is 10.6. The summed E-state index contributed by atoms with van der Waals surface area (Å²) >= 11 is 0. The molecule has 14 heavy (non-hydrogen) atoms. The lowest BCUT2D eigenvalue weighted by atomic mass is 10.0. The van der Waals surface area contributed by atoms with E-state index < -0.39 is 11.8 Å². The van der Waals surface area contributed by atoms with Gasteiger partial charge in [-0.2, -0.15) is 0 Å². The highest BCUT2D eigenvalue weighted by molar-refractivity contribution is 6.13. The van der Waals surface area contributed by atoms with Crippen LogP contribution in [0.4, 0.5) is 0 Å². The van der Waals surface area contributed by atoms with E-state index in [0.29, 0.717) is 6.54 Å². The van der Waals surface area contributed by atoms with Gasteiger partial charge in [0.1, 0.15) is 5.92 Å². The Morgan fingerprint density at radius 3 is 2.93 bits per heavy atom. The Morgan fingerprint density at radius 1 is 1.71 bits per heavy atom. The van der Waals surface area contributed by atoms with E-state index in [9.17, 15) is 9.59 Å². The van der Waals surface area contributed by atoms with E-state index >= 15 is 0 Å². The van der Waals surface area contributed by atoms with E-state index in [0.717, 1.165) is 0 Å². The zero-order valence-electron chi connectivity index (χ0n) is 7.86. The lowest BCUT2D eigenvalue weighted by Gasteiger charge is -2.12. The van der Waals surface area contributed by atoms with Gasteiger partial charge in [0.2, 0.25) is 5.91 Å². The van der Waals surface area contributed by atoms with Crippen LogP contribution in [0, 0.1) is 5.92 Å². The van der Waals surface area contributed by atoms with Crippen molar-refractivity contribution in [2.75, 3.05) is 13.2 Å². The minimum absolute atomic E-state index is 0.287. The summed E-state index contributed by atoms with van der Waals surface area (Å²) in [5.41, 5.74) is 0.288. The number of amides is 2. The first kappa shape index (κ1) is 10.6. The molecule has 0 spiro atoms. The van der Waals surface area contributed by atoms with Gasteiger partial charge < -0.3 is 10.4 Å². The van der Waals surface area contributed by atoms with Gasteiger partial charge in [-0.3, -0.25) is 9.59 Å². The number of carbonyl (C=O) groups excluding carboxylic acids is 2. The molecule has 0 bridgehead atoms. The van der Waals surface area contributed by atoms with Gasteiger partial charge in [-0.1, -0.05) is 6.08 Å². The van der Waals surface area contributed by atoms with Gasteiger partial charge in [-0.15, -0.1) is 0 Å². The van der Waals surface area contributed by atoms with Crippen molar-refractivity contribution in [2.24, 2.45) is 10.9 Å². The second-order valence-corrected chi connectivity index (χ2v) is 2.83. The number of hydrogen-bond donors (Lipinski definition) is 2. The number of hydrogen-bond acceptors (Lipinski definition) is 3. The van der Waals surface area contributed by atoms with Crippen molar-refractivity contribution in [2.45, 2.75) is 6.92 Å². The van der Waals surface area contributed by atoms with Crippen molar-refractivity contribution in [1.82, 2.24) is 5.32 Å². The molecule has 0 aromatic rings. The van der Waals surface area contributed by atoms with Gasteiger partial charge in [0.25, 0.3) is 5.91 Å². The third kappa shape index (κ3) is 2.26. The van der Waals surface area contributed by atoms with Crippen LogP contribution < -0.4 is 5.32 Å². The van der Waals surface area contributed by atoms with Crippen molar-refractivity contribution in [3.63, 3.8) is 0 Å². The standard InChI is InChI=1S/C9H12N2O3/c1-2-10-8(13)7-4-3-6(5-12)11-9(7)14/h3-4,7,12H,2,5H2,1H3,(H,10,13). The summed E-state index contributed by atoms with van der Waals surface area (Å²) in [6.45, 7) is 1.97. The van der Waals surface area contributed by atoms with Crippen LogP contribution in [0.5, 0.6) is 0 Å². The van der Waals surface area contributed by atoms with Crippen LogP contribution in [0.2, 0.25) is 0 Å². The molecule has 0 aromatic heterocycles. The van der Waals surface area contributed by atoms with Crippen LogP contribution in [0.25, 0.3) is 0 Å². The summed E-state index contributed by atoms with van der Waals surface area (Å²) in [5, 5.41) is 11.2. The summed E-state index contributed by atoms with van der Waals surface area (Å²) in [7, 11) is 0. The highest BCUT2D eigenvalue weighted by Gasteiger charge is 2.25. The largest absolute Gasteiger partial charge is 0.390 e. The topological polar surface area (TPSA) is 78.8 Å². The number of rotatable bonds is 3. The van der Waals surface area contributed by atoms with Crippen molar-refractivity contribution in [1.29, 1.82) is 0 Å². The average molecular weight is 196 g/mol. The molecule has 1 aliphatic heterocycles. The summed E-state index contributed by atoms with van der Waals surface area (Å²) in [6, 6.07) is 0. The highest BCUT2D eigenvalue weighted by Crippen LogP contribution is 2.08. The molecule has 76 valence electrons. The van der Waals surface area contributed by atoms with Gasteiger partial charge >= 0.3 is 0 Å². The number of aliphatic imine (C=N–C) groups is 1. The van der Waals surface area contributed by atoms with Crippen molar-refractivity contribution in [3.05, 3.63) is 12.2 Å². The Bertz CT molecular complexity index is 307. The van der Waals surface area contributed by atoms with E-state index in [2.05, 4.69) is 10.3 Å². The number of dihydropyridines is 1. The Kier molecular flexibility index (Phi) is 3.53. The summed E-state index contributed by atoms with van der Waals surface area (Å²) < 4.78 is 0. The van der Waals surface area contributed by atoms with Gasteiger partial charge in [-0.05, 0) is 13.0 Å². The van der Waals surface area contributed by atoms with Crippen molar-refractivity contribution < 1.29 is 14.7 Å². The van der Waals surface area contributed by atoms with E-state index in [4.69, 9.17) is 5.11 Å². The molecule has 0 fully saturated rings. The molecule has 2 N–H and O–H groups in total. The normalized spacial score (nSPS) is 20.6. The van der Waals surface area contributed by atoms with Crippen LogP contribution in [0.15, 0.2) is 17.1 Å². The van der Waals surface area contributed by atoms with E-state index in [1.54, 1.807) is 6.92 Å². The number of nitrogens with zero attached hydrogens (tertiary/aromatic N) is 1. The smallest absolute Gasteiger partial charge is 0.262 e. The van der Waals surface area contributed by atoms with Crippen molar-refractivity contribution in [3.8, 4) is 0 Å². The maximum atomic E-state index is 11.3. The third-order valence-corrected chi connectivity index (χ3v) is 1.80. The van der Waals surface area contributed by atoms with Gasteiger partial charge in [-0.25, -0.2) is 4.99 Å².